The minimum absolute atomic E-state index is 0.0215. The molecule has 0 atom stereocenters. The van der Waals surface area contributed by atoms with Crippen LogP contribution in [-0.4, -0.2) is 46.0 Å². The summed E-state index contributed by atoms with van der Waals surface area (Å²) in [6.45, 7) is 6.31. The molecule has 2 aromatic heterocycles. The summed E-state index contributed by atoms with van der Waals surface area (Å²) < 4.78 is 12.7. The lowest BCUT2D eigenvalue weighted by Gasteiger charge is -2.17. The predicted octanol–water partition coefficient (Wildman–Crippen LogP) is 2.34. The normalized spacial score (nSPS) is 11.4. The zero-order valence-corrected chi connectivity index (χ0v) is 15.9. The molecule has 3 aromatic rings. The third-order valence-electron chi connectivity index (χ3n) is 3.90. The van der Waals surface area contributed by atoms with Gasteiger partial charge >= 0.3 is 0 Å². The number of rotatable bonds is 6. The van der Waals surface area contributed by atoms with Gasteiger partial charge < -0.3 is 14.8 Å². The fraction of sp³-hybridized carbons (Fsp3) is 0.368. The summed E-state index contributed by atoms with van der Waals surface area (Å²) in [6, 6.07) is 11.0. The maximum absolute atomic E-state index is 11.9. The number of hydrogen-bond donors (Lipinski definition) is 1. The Morgan fingerprint density at radius 3 is 2.67 bits per heavy atom. The molecule has 1 N–H and O–H groups in total. The predicted molar refractivity (Wildman–Crippen MR) is 101 cm³/mol. The van der Waals surface area contributed by atoms with Crippen molar-refractivity contribution in [3.05, 3.63) is 36.4 Å². The van der Waals surface area contributed by atoms with Crippen LogP contribution in [0.25, 0.3) is 17.0 Å². The molecule has 0 spiro atoms. The van der Waals surface area contributed by atoms with Gasteiger partial charge in [-0.3, -0.25) is 4.79 Å². The summed E-state index contributed by atoms with van der Waals surface area (Å²) in [5, 5.41) is 15.7. The first-order chi connectivity index (χ1) is 12.9. The molecule has 27 heavy (non-hydrogen) atoms. The molecule has 2 heterocycles. The number of nitrogens with one attached hydrogen (secondary N) is 1. The van der Waals surface area contributed by atoms with Crippen LogP contribution < -0.4 is 14.8 Å². The lowest BCUT2D eigenvalue weighted by Crippen LogP contribution is -2.37. The van der Waals surface area contributed by atoms with E-state index < -0.39 is 5.41 Å². The van der Waals surface area contributed by atoms with E-state index in [-0.39, 0.29) is 5.91 Å². The fourth-order valence-electron chi connectivity index (χ4n) is 2.43. The van der Waals surface area contributed by atoms with Gasteiger partial charge in [0.1, 0.15) is 12.4 Å². The molecule has 0 aliphatic carbocycles. The number of methoxy groups -OCH3 is 1. The lowest BCUT2D eigenvalue weighted by atomic mass is 9.96. The molecule has 0 saturated carbocycles. The third-order valence-corrected chi connectivity index (χ3v) is 3.90. The molecule has 142 valence electrons. The number of nitrogens with zero attached hydrogens (tertiary/aromatic N) is 4. The average Bonchev–Trinajstić information content (AvgIpc) is 3.07. The zero-order chi connectivity index (χ0) is 19.4. The van der Waals surface area contributed by atoms with Gasteiger partial charge in [0, 0.05) is 11.5 Å². The van der Waals surface area contributed by atoms with Gasteiger partial charge in [0.2, 0.25) is 11.8 Å². The van der Waals surface area contributed by atoms with Gasteiger partial charge in [-0.05, 0) is 18.2 Å². The van der Waals surface area contributed by atoms with E-state index in [1.54, 1.807) is 23.8 Å². The SMILES string of the molecule is COc1ccccc1-c1nnc2ccc(OCCNC(=O)C(C)(C)C)nn12. The van der Waals surface area contributed by atoms with Crippen molar-refractivity contribution < 1.29 is 14.3 Å². The van der Waals surface area contributed by atoms with E-state index in [0.717, 1.165) is 5.56 Å². The molecule has 8 heteroatoms. The molecule has 3 rings (SSSR count). The number of fused-ring (bicyclic) bond motifs is 1. The van der Waals surface area contributed by atoms with Crippen molar-refractivity contribution in [1.82, 2.24) is 25.1 Å². The van der Waals surface area contributed by atoms with Crippen LogP contribution in [-0.2, 0) is 4.79 Å². The Hall–Kier alpha value is -3.16. The van der Waals surface area contributed by atoms with Crippen molar-refractivity contribution in [2.24, 2.45) is 5.41 Å². The number of aromatic nitrogens is 4. The number of hydrogen-bond acceptors (Lipinski definition) is 6. The fourth-order valence-corrected chi connectivity index (χ4v) is 2.43. The summed E-state index contributed by atoms with van der Waals surface area (Å²) in [5.74, 6) is 1.65. The van der Waals surface area contributed by atoms with Crippen molar-refractivity contribution in [3.8, 4) is 23.0 Å². The largest absolute Gasteiger partial charge is 0.496 e. The molecule has 0 bridgehead atoms. The van der Waals surface area contributed by atoms with E-state index in [2.05, 4.69) is 20.6 Å². The zero-order valence-electron chi connectivity index (χ0n) is 15.9. The second kappa shape index (κ2) is 7.61. The van der Waals surface area contributed by atoms with E-state index in [1.165, 1.54) is 0 Å². The van der Waals surface area contributed by atoms with Crippen LogP contribution in [0.15, 0.2) is 36.4 Å². The average molecular weight is 369 g/mol. The monoisotopic (exact) mass is 369 g/mol. The highest BCUT2D eigenvalue weighted by Crippen LogP contribution is 2.28. The molecule has 0 radical (unpaired) electrons. The summed E-state index contributed by atoms with van der Waals surface area (Å²) >= 11 is 0. The van der Waals surface area contributed by atoms with Gasteiger partial charge in [-0.15, -0.1) is 15.3 Å². The summed E-state index contributed by atoms with van der Waals surface area (Å²) in [4.78, 5) is 11.9. The highest BCUT2D eigenvalue weighted by Gasteiger charge is 2.20. The molecule has 1 amide bonds. The maximum atomic E-state index is 11.9. The van der Waals surface area contributed by atoms with Gasteiger partial charge in [0.25, 0.3) is 0 Å². The Morgan fingerprint density at radius 2 is 1.93 bits per heavy atom. The topological polar surface area (TPSA) is 90.6 Å². The number of carbonyl (C=O) groups excluding carboxylic acids is 1. The van der Waals surface area contributed by atoms with Crippen LogP contribution in [0.2, 0.25) is 0 Å². The smallest absolute Gasteiger partial charge is 0.231 e. The first-order valence-electron chi connectivity index (χ1n) is 8.67. The van der Waals surface area contributed by atoms with Crippen molar-refractivity contribution in [2.75, 3.05) is 20.3 Å². The van der Waals surface area contributed by atoms with E-state index in [0.29, 0.717) is 36.3 Å². The van der Waals surface area contributed by atoms with Gasteiger partial charge in [-0.2, -0.15) is 4.52 Å². The molecule has 0 fully saturated rings. The van der Waals surface area contributed by atoms with Gasteiger partial charge in [0.15, 0.2) is 11.5 Å². The standard InChI is InChI=1S/C19H23N5O3/c1-19(2,3)18(25)20-11-12-27-16-10-9-15-21-22-17(24(15)23-16)13-7-5-6-8-14(13)26-4/h5-10H,11-12H2,1-4H3,(H,20,25). The Kier molecular flexibility index (Phi) is 5.25. The van der Waals surface area contributed by atoms with E-state index in [4.69, 9.17) is 9.47 Å². The number of carbonyl (C=O) groups is 1. The number of benzene rings is 1. The van der Waals surface area contributed by atoms with Crippen LogP contribution >= 0.6 is 0 Å². The van der Waals surface area contributed by atoms with E-state index in [9.17, 15) is 4.79 Å². The minimum atomic E-state index is -0.427. The molecular formula is C19H23N5O3. The van der Waals surface area contributed by atoms with Gasteiger partial charge in [-0.25, -0.2) is 0 Å². The Labute approximate surface area is 157 Å². The number of ether oxygens (including phenoxy) is 2. The number of amides is 1. The molecular weight excluding hydrogens is 346 g/mol. The Bertz CT molecular complexity index is 946. The van der Waals surface area contributed by atoms with Gasteiger partial charge in [0.05, 0.1) is 19.2 Å². The highest BCUT2D eigenvalue weighted by molar-refractivity contribution is 5.81. The molecule has 0 unspecified atom stereocenters. The first kappa shape index (κ1) is 18.6. The summed E-state index contributed by atoms with van der Waals surface area (Å²) in [6.07, 6.45) is 0. The van der Waals surface area contributed by atoms with Crippen molar-refractivity contribution >= 4 is 11.6 Å². The van der Waals surface area contributed by atoms with Crippen molar-refractivity contribution in [1.29, 1.82) is 0 Å². The van der Waals surface area contributed by atoms with Crippen LogP contribution in [0.1, 0.15) is 20.8 Å². The first-order valence-corrected chi connectivity index (χ1v) is 8.67. The van der Waals surface area contributed by atoms with Gasteiger partial charge in [-0.1, -0.05) is 32.9 Å². The third kappa shape index (κ3) is 4.16. The molecule has 1 aromatic carbocycles. The van der Waals surface area contributed by atoms with Crippen molar-refractivity contribution in [3.63, 3.8) is 0 Å². The lowest BCUT2D eigenvalue weighted by molar-refractivity contribution is -0.128. The van der Waals surface area contributed by atoms with Crippen LogP contribution in [0.3, 0.4) is 0 Å². The molecule has 0 aliphatic heterocycles. The summed E-state index contributed by atoms with van der Waals surface area (Å²) in [5.41, 5.74) is 0.961. The Morgan fingerprint density at radius 1 is 1.15 bits per heavy atom. The second-order valence-electron chi connectivity index (χ2n) is 7.02. The van der Waals surface area contributed by atoms with Crippen LogP contribution in [0, 0.1) is 5.41 Å². The number of para-hydroxylation sites is 1. The Balaban J connectivity index is 1.75. The maximum Gasteiger partial charge on any atom is 0.231 e. The highest BCUT2D eigenvalue weighted by atomic mass is 16.5. The molecule has 8 nitrogen and oxygen atoms in total. The minimum Gasteiger partial charge on any atom is -0.496 e. The van der Waals surface area contributed by atoms with E-state index >= 15 is 0 Å². The molecule has 0 saturated heterocycles. The molecule has 0 aliphatic rings. The van der Waals surface area contributed by atoms with Crippen molar-refractivity contribution in [2.45, 2.75) is 20.8 Å². The second-order valence-corrected chi connectivity index (χ2v) is 7.02. The van der Waals surface area contributed by atoms with E-state index in [1.807, 2.05) is 45.0 Å². The summed E-state index contributed by atoms with van der Waals surface area (Å²) in [7, 11) is 1.61. The quantitative estimate of drug-likeness (QED) is 0.671. The van der Waals surface area contributed by atoms with Crippen LogP contribution in [0.4, 0.5) is 0 Å². The van der Waals surface area contributed by atoms with Crippen LogP contribution in [0.5, 0.6) is 11.6 Å².